The van der Waals surface area contributed by atoms with Gasteiger partial charge in [0.2, 0.25) is 0 Å². The second-order valence-corrected chi connectivity index (χ2v) is 5.67. The van der Waals surface area contributed by atoms with Gasteiger partial charge in [-0.15, -0.1) is 0 Å². The van der Waals surface area contributed by atoms with Gasteiger partial charge in [-0.25, -0.2) is 9.59 Å². The van der Waals surface area contributed by atoms with E-state index < -0.39 is 12.0 Å². The van der Waals surface area contributed by atoms with E-state index in [9.17, 15) is 9.59 Å². The van der Waals surface area contributed by atoms with E-state index in [-0.39, 0.29) is 12.1 Å². The minimum absolute atomic E-state index is 0.192. The van der Waals surface area contributed by atoms with Crippen molar-refractivity contribution in [2.24, 2.45) is 5.92 Å². The predicted octanol–water partition coefficient (Wildman–Crippen LogP) is 2.46. The Hall–Kier alpha value is -1.26. The van der Waals surface area contributed by atoms with E-state index >= 15 is 0 Å². The Morgan fingerprint density at radius 2 is 2.05 bits per heavy atom. The first-order chi connectivity index (χ1) is 8.95. The molecule has 5 nitrogen and oxygen atoms in total. The highest BCUT2D eigenvalue weighted by molar-refractivity contribution is 5.82. The lowest BCUT2D eigenvalue weighted by atomic mass is 9.95. The molecule has 1 saturated heterocycles. The normalized spacial score (nSPS) is 24.9. The number of urea groups is 1. The van der Waals surface area contributed by atoms with Crippen molar-refractivity contribution < 1.29 is 14.7 Å². The largest absolute Gasteiger partial charge is 0.480 e. The summed E-state index contributed by atoms with van der Waals surface area (Å²) in [6, 6.07) is -0.809. The molecule has 1 heterocycles. The van der Waals surface area contributed by atoms with Gasteiger partial charge in [-0.3, -0.25) is 0 Å². The summed E-state index contributed by atoms with van der Waals surface area (Å²) in [7, 11) is 0. The Kier molecular flexibility index (Phi) is 6.12. The molecule has 1 aliphatic rings. The first-order valence-corrected chi connectivity index (χ1v) is 7.25. The van der Waals surface area contributed by atoms with E-state index in [1.807, 2.05) is 13.8 Å². The molecule has 110 valence electrons. The van der Waals surface area contributed by atoms with E-state index in [2.05, 4.69) is 12.2 Å². The van der Waals surface area contributed by atoms with Crippen LogP contribution < -0.4 is 5.32 Å². The highest BCUT2D eigenvalue weighted by atomic mass is 16.4. The standard InChI is InChI=1S/C14H26N2O3/c1-4-5-6-12(13(17)18)15-14(19)16-9-10(2)7-8-11(16)3/h10-12H,4-9H2,1-3H3,(H,15,19)(H,17,18). The average molecular weight is 270 g/mol. The summed E-state index contributed by atoms with van der Waals surface area (Å²) >= 11 is 0. The lowest BCUT2D eigenvalue weighted by molar-refractivity contribution is -0.139. The first kappa shape index (κ1) is 15.8. The number of piperidine rings is 1. The van der Waals surface area contributed by atoms with Crippen molar-refractivity contribution in [1.82, 2.24) is 10.2 Å². The molecule has 0 saturated carbocycles. The third-order valence-corrected chi connectivity index (χ3v) is 3.82. The van der Waals surface area contributed by atoms with Crippen LogP contribution in [0.15, 0.2) is 0 Å². The number of nitrogens with zero attached hydrogens (tertiary/aromatic N) is 1. The zero-order valence-electron chi connectivity index (χ0n) is 12.2. The van der Waals surface area contributed by atoms with Crippen molar-refractivity contribution in [3.8, 4) is 0 Å². The molecule has 0 aliphatic carbocycles. The molecule has 0 radical (unpaired) electrons. The fourth-order valence-electron chi connectivity index (χ4n) is 2.47. The van der Waals surface area contributed by atoms with Gasteiger partial charge in [-0.05, 0) is 32.1 Å². The zero-order valence-corrected chi connectivity index (χ0v) is 12.2. The Morgan fingerprint density at radius 1 is 1.37 bits per heavy atom. The predicted molar refractivity (Wildman–Crippen MR) is 74.0 cm³/mol. The highest BCUT2D eigenvalue weighted by Gasteiger charge is 2.29. The van der Waals surface area contributed by atoms with Gasteiger partial charge < -0.3 is 15.3 Å². The van der Waals surface area contributed by atoms with Crippen LogP contribution in [0.4, 0.5) is 4.79 Å². The zero-order chi connectivity index (χ0) is 14.4. The van der Waals surface area contributed by atoms with Gasteiger partial charge in [0, 0.05) is 12.6 Å². The third-order valence-electron chi connectivity index (χ3n) is 3.82. The summed E-state index contributed by atoms with van der Waals surface area (Å²) in [6.07, 6.45) is 4.35. The molecule has 5 heteroatoms. The van der Waals surface area contributed by atoms with E-state index in [1.54, 1.807) is 4.90 Å². The molecule has 2 N–H and O–H groups in total. The van der Waals surface area contributed by atoms with Crippen LogP contribution in [0.1, 0.15) is 52.9 Å². The van der Waals surface area contributed by atoms with Gasteiger partial charge in [0.1, 0.15) is 6.04 Å². The van der Waals surface area contributed by atoms with E-state index in [0.717, 1.165) is 25.7 Å². The number of carbonyl (C=O) groups excluding carboxylic acids is 1. The SMILES string of the molecule is CCCCC(NC(=O)N1CC(C)CCC1C)C(=O)O. The number of carboxylic acids is 1. The maximum Gasteiger partial charge on any atom is 0.326 e. The number of carboxylic acid groups (broad SMARTS) is 1. The summed E-state index contributed by atoms with van der Waals surface area (Å²) in [5.74, 6) is -0.458. The fraction of sp³-hybridized carbons (Fsp3) is 0.857. The van der Waals surface area contributed by atoms with Crippen LogP contribution in [-0.2, 0) is 4.79 Å². The summed E-state index contributed by atoms with van der Waals surface area (Å²) in [4.78, 5) is 25.1. The quantitative estimate of drug-likeness (QED) is 0.806. The Bertz CT molecular complexity index is 320. The second-order valence-electron chi connectivity index (χ2n) is 5.67. The number of aliphatic carboxylic acids is 1. The van der Waals surface area contributed by atoms with E-state index in [1.165, 1.54) is 0 Å². The van der Waals surface area contributed by atoms with Crippen LogP contribution in [0.3, 0.4) is 0 Å². The highest BCUT2D eigenvalue weighted by Crippen LogP contribution is 2.21. The fourth-order valence-corrected chi connectivity index (χ4v) is 2.47. The first-order valence-electron chi connectivity index (χ1n) is 7.25. The minimum Gasteiger partial charge on any atom is -0.480 e. The van der Waals surface area contributed by atoms with Crippen molar-refractivity contribution >= 4 is 12.0 Å². The van der Waals surface area contributed by atoms with Crippen LogP contribution in [-0.4, -0.2) is 40.6 Å². The minimum atomic E-state index is -0.945. The Labute approximate surface area is 115 Å². The third kappa shape index (κ3) is 4.73. The van der Waals surface area contributed by atoms with Crippen molar-refractivity contribution in [3.05, 3.63) is 0 Å². The van der Waals surface area contributed by atoms with Crippen LogP contribution in [0.2, 0.25) is 0 Å². The van der Waals surface area contributed by atoms with Crippen molar-refractivity contribution in [2.45, 2.75) is 65.0 Å². The molecule has 0 aromatic heterocycles. The monoisotopic (exact) mass is 270 g/mol. The lowest BCUT2D eigenvalue weighted by Gasteiger charge is -2.37. The smallest absolute Gasteiger partial charge is 0.326 e. The Balaban J connectivity index is 2.57. The molecule has 1 rings (SSSR count). The molecular formula is C14H26N2O3. The maximum absolute atomic E-state index is 12.2. The van der Waals surface area contributed by atoms with Crippen LogP contribution in [0.25, 0.3) is 0 Å². The van der Waals surface area contributed by atoms with Gasteiger partial charge in [-0.1, -0.05) is 26.7 Å². The van der Waals surface area contributed by atoms with Crippen LogP contribution >= 0.6 is 0 Å². The number of hydrogen-bond acceptors (Lipinski definition) is 2. The number of rotatable bonds is 5. The van der Waals surface area contributed by atoms with Crippen molar-refractivity contribution in [1.29, 1.82) is 0 Å². The van der Waals surface area contributed by atoms with Gasteiger partial charge in [0.25, 0.3) is 0 Å². The molecule has 3 unspecified atom stereocenters. The van der Waals surface area contributed by atoms with Crippen molar-refractivity contribution in [2.75, 3.05) is 6.54 Å². The van der Waals surface area contributed by atoms with Crippen LogP contribution in [0.5, 0.6) is 0 Å². The number of nitrogens with one attached hydrogen (secondary N) is 1. The molecule has 2 amide bonds. The average Bonchev–Trinajstić information content (AvgIpc) is 2.36. The second kappa shape index (κ2) is 7.36. The van der Waals surface area contributed by atoms with Gasteiger partial charge in [0.05, 0.1) is 0 Å². The van der Waals surface area contributed by atoms with E-state index in [0.29, 0.717) is 18.9 Å². The molecular weight excluding hydrogens is 244 g/mol. The molecule has 1 aliphatic heterocycles. The molecule has 0 aromatic rings. The maximum atomic E-state index is 12.2. The molecule has 3 atom stereocenters. The number of unbranched alkanes of at least 4 members (excludes halogenated alkanes) is 1. The number of likely N-dealkylation sites (tertiary alicyclic amines) is 1. The number of hydrogen-bond donors (Lipinski definition) is 2. The molecule has 19 heavy (non-hydrogen) atoms. The molecule has 0 bridgehead atoms. The molecule has 0 aromatic carbocycles. The summed E-state index contributed by atoms with van der Waals surface area (Å²) < 4.78 is 0. The number of amides is 2. The Morgan fingerprint density at radius 3 is 2.63 bits per heavy atom. The lowest BCUT2D eigenvalue weighted by Crippen LogP contribution is -2.53. The molecule has 0 spiro atoms. The summed E-state index contributed by atoms with van der Waals surface area (Å²) in [5.41, 5.74) is 0. The summed E-state index contributed by atoms with van der Waals surface area (Å²) in [5, 5.41) is 11.8. The van der Waals surface area contributed by atoms with Crippen LogP contribution in [0, 0.1) is 5.92 Å². The summed E-state index contributed by atoms with van der Waals surface area (Å²) in [6.45, 7) is 6.87. The van der Waals surface area contributed by atoms with Gasteiger partial charge >= 0.3 is 12.0 Å². The van der Waals surface area contributed by atoms with E-state index in [4.69, 9.17) is 5.11 Å². The number of carbonyl (C=O) groups is 2. The van der Waals surface area contributed by atoms with Crippen molar-refractivity contribution in [3.63, 3.8) is 0 Å². The van der Waals surface area contributed by atoms with Gasteiger partial charge in [-0.2, -0.15) is 0 Å². The molecule has 1 fully saturated rings. The van der Waals surface area contributed by atoms with Gasteiger partial charge in [0.15, 0.2) is 0 Å². The topological polar surface area (TPSA) is 69.6 Å².